The van der Waals surface area contributed by atoms with Crippen molar-refractivity contribution in [3.63, 3.8) is 0 Å². The van der Waals surface area contributed by atoms with Crippen LogP contribution in [-0.2, 0) is 0 Å². The van der Waals surface area contributed by atoms with Crippen LogP contribution in [0.1, 0.15) is 0 Å². The zero-order valence-electron chi connectivity index (χ0n) is 23.0. The molecule has 4 heteroatoms. The van der Waals surface area contributed by atoms with Crippen LogP contribution in [0.5, 0.6) is 0 Å². The van der Waals surface area contributed by atoms with Crippen molar-refractivity contribution in [1.29, 1.82) is 0 Å². The summed E-state index contributed by atoms with van der Waals surface area (Å²) in [7, 11) is 0. The number of fused-ring (bicyclic) bond motifs is 6. The summed E-state index contributed by atoms with van der Waals surface area (Å²) in [5, 5.41) is 6.16. The van der Waals surface area contributed by atoms with Gasteiger partial charge in [-0.15, -0.1) is 0 Å². The van der Waals surface area contributed by atoms with E-state index in [4.69, 9.17) is 0 Å². The molecule has 9 aromatic rings. The maximum Gasteiger partial charge on any atom is 0.371 e. The Morgan fingerprint density at radius 2 is 0.767 bits per heavy atom. The molecular formula is C39H23N3O. The largest absolute Gasteiger partial charge is 0.371 e. The van der Waals surface area contributed by atoms with Crippen LogP contribution < -0.4 is 5.69 Å². The Morgan fingerprint density at radius 1 is 0.372 bits per heavy atom. The zero-order valence-corrected chi connectivity index (χ0v) is 23.0. The second-order valence-electron chi connectivity index (χ2n) is 11.0. The minimum absolute atomic E-state index is 0.481. The van der Waals surface area contributed by atoms with Gasteiger partial charge in [0.05, 0.1) is 5.52 Å². The smallest absolute Gasteiger partial charge is 0.276 e. The van der Waals surface area contributed by atoms with Gasteiger partial charge in [-0.25, -0.2) is 4.79 Å². The molecule has 0 bridgehead atoms. The molecule has 0 spiro atoms. The summed E-state index contributed by atoms with van der Waals surface area (Å²) in [6.07, 6.45) is 0. The number of aromatic nitrogens is 3. The summed E-state index contributed by atoms with van der Waals surface area (Å²) >= 11 is 0. The molecule has 0 saturated heterocycles. The predicted octanol–water partition coefficient (Wildman–Crippen LogP) is 9.14. The van der Waals surface area contributed by atoms with Crippen LogP contribution in [0.4, 0.5) is 0 Å². The fourth-order valence-electron chi connectivity index (χ4n) is 6.61. The third-order valence-corrected chi connectivity index (χ3v) is 8.58. The predicted molar refractivity (Wildman–Crippen MR) is 177 cm³/mol. The van der Waals surface area contributed by atoms with E-state index in [1.165, 1.54) is 0 Å². The van der Waals surface area contributed by atoms with Gasteiger partial charge in [-0.1, -0.05) is 103 Å². The Morgan fingerprint density at radius 3 is 1.21 bits per heavy atom. The van der Waals surface area contributed by atoms with Gasteiger partial charge in [-0.2, -0.15) is 9.97 Å². The summed E-state index contributed by atoms with van der Waals surface area (Å²) in [5.41, 5.74) is 8.59. The fraction of sp³-hybridized carbons (Fsp3) is 0. The number of benzene rings is 6. The summed E-state index contributed by atoms with van der Waals surface area (Å²) in [4.78, 5) is 22.1. The molecular weight excluding hydrogens is 526 g/mol. The van der Waals surface area contributed by atoms with Crippen molar-refractivity contribution in [2.24, 2.45) is 0 Å². The van der Waals surface area contributed by atoms with Crippen LogP contribution in [-0.4, -0.2) is 14.4 Å². The average Bonchev–Trinajstić information content (AvgIpc) is 3.08. The highest BCUT2D eigenvalue weighted by atomic mass is 16.1. The van der Waals surface area contributed by atoms with Gasteiger partial charge in [0.15, 0.2) is 11.3 Å². The van der Waals surface area contributed by atoms with E-state index in [1.54, 1.807) is 0 Å². The average molecular weight is 550 g/mol. The first-order valence-corrected chi connectivity index (χ1v) is 14.4. The molecule has 200 valence electrons. The van der Waals surface area contributed by atoms with E-state index < -0.39 is 5.69 Å². The molecule has 0 aliphatic carbocycles. The van der Waals surface area contributed by atoms with Crippen molar-refractivity contribution in [1.82, 2.24) is 14.4 Å². The van der Waals surface area contributed by atoms with Gasteiger partial charge in [0, 0.05) is 21.5 Å². The molecule has 3 aromatic heterocycles. The summed E-state index contributed by atoms with van der Waals surface area (Å²) in [6.45, 7) is 0. The standard InChI is InChI=1S/C39H23N3O/c43-39-40-37-30-18-16-27(24-10-4-1-5-11-24)20-32(30)34-22-29(26-14-8-3-9-15-26)23-35-33-21-28(25-12-6-2-7-13-25)17-19-31(33)38(41-39)42(37)36(34)35/h1-23H. The third kappa shape index (κ3) is 3.60. The Kier molecular flexibility index (Phi) is 5.02. The van der Waals surface area contributed by atoms with Crippen LogP contribution in [0.25, 0.3) is 82.5 Å². The van der Waals surface area contributed by atoms with Gasteiger partial charge in [-0.05, 0) is 80.6 Å². The molecule has 0 atom stereocenters. The van der Waals surface area contributed by atoms with E-state index in [-0.39, 0.29) is 0 Å². The highest BCUT2D eigenvalue weighted by Crippen LogP contribution is 2.42. The fourth-order valence-corrected chi connectivity index (χ4v) is 6.61. The minimum atomic E-state index is -0.481. The number of pyridine rings is 2. The molecule has 0 saturated carbocycles. The first-order valence-electron chi connectivity index (χ1n) is 14.4. The normalized spacial score (nSPS) is 11.8. The van der Waals surface area contributed by atoms with E-state index in [0.29, 0.717) is 11.3 Å². The van der Waals surface area contributed by atoms with E-state index >= 15 is 0 Å². The van der Waals surface area contributed by atoms with Crippen LogP contribution >= 0.6 is 0 Å². The lowest BCUT2D eigenvalue weighted by Crippen LogP contribution is -2.15. The topological polar surface area (TPSA) is 47.3 Å². The lowest BCUT2D eigenvalue weighted by molar-refractivity contribution is 1.05. The lowest BCUT2D eigenvalue weighted by Gasteiger charge is -2.19. The van der Waals surface area contributed by atoms with Crippen LogP contribution in [0.3, 0.4) is 0 Å². The van der Waals surface area contributed by atoms with Gasteiger partial charge in [0.1, 0.15) is 0 Å². The van der Waals surface area contributed by atoms with E-state index in [0.717, 1.165) is 71.2 Å². The molecule has 43 heavy (non-hydrogen) atoms. The first kappa shape index (κ1) is 23.8. The molecule has 0 fully saturated rings. The van der Waals surface area contributed by atoms with Crippen molar-refractivity contribution in [3.8, 4) is 33.4 Å². The van der Waals surface area contributed by atoms with E-state index in [2.05, 4.69) is 136 Å². The number of rotatable bonds is 3. The second-order valence-corrected chi connectivity index (χ2v) is 11.0. The van der Waals surface area contributed by atoms with Gasteiger partial charge in [-0.3, -0.25) is 4.40 Å². The van der Waals surface area contributed by atoms with Crippen molar-refractivity contribution in [3.05, 3.63) is 150 Å². The second kappa shape index (κ2) is 9.07. The van der Waals surface area contributed by atoms with Gasteiger partial charge < -0.3 is 0 Å². The van der Waals surface area contributed by atoms with E-state index in [9.17, 15) is 4.79 Å². The summed E-state index contributed by atoms with van der Waals surface area (Å²) in [5.74, 6) is 0. The Bertz CT molecular complexity index is 2400. The Hall–Kier alpha value is -5.87. The van der Waals surface area contributed by atoms with Crippen molar-refractivity contribution < 1.29 is 0 Å². The van der Waals surface area contributed by atoms with Crippen LogP contribution in [0.15, 0.2) is 144 Å². The first-order chi connectivity index (χ1) is 21.2. The molecule has 0 aliphatic rings. The number of hydrogen-bond donors (Lipinski definition) is 0. The maximum atomic E-state index is 13.1. The van der Waals surface area contributed by atoms with Gasteiger partial charge >= 0.3 is 5.69 Å². The maximum absolute atomic E-state index is 13.1. The Labute approximate surface area is 246 Å². The zero-order chi connectivity index (χ0) is 28.5. The molecule has 0 amide bonds. The minimum Gasteiger partial charge on any atom is -0.276 e. The van der Waals surface area contributed by atoms with E-state index in [1.807, 2.05) is 18.2 Å². The van der Waals surface area contributed by atoms with Gasteiger partial charge in [0.2, 0.25) is 0 Å². The van der Waals surface area contributed by atoms with Gasteiger partial charge in [0.25, 0.3) is 0 Å². The number of hydrogen-bond acceptors (Lipinski definition) is 3. The molecule has 4 nitrogen and oxygen atoms in total. The molecule has 3 heterocycles. The molecule has 0 radical (unpaired) electrons. The van der Waals surface area contributed by atoms with Crippen molar-refractivity contribution >= 4 is 49.1 Å². The molecule has 9 rings (SSSR count). The Balaban J connectivity index is 1.52. The lowest BCUT2D eigenvalue weighted by atomic mass is 9.92. The quantitative estimate of drug-likeness (QED) is 0.163. The highest BCUT2D eigenvalue weighted by Gasteiger charge is 2.20. The van der Waals surface area contributed by atoms with Crippen LogP contribution in [0.2, 0.25) is 0 Å². The highest BCUT2D eigenvalue weighted by molar-refractivity contribution is 6.25. The third-order valence-electron chi connectivity index (χ3n) is 8.58. The summed E-state index contributed by atoms with van der Waals surface area (Å²) < 4.78 is 2.09. The molecule has 6 aromatic carbocycles. The van der Waals surface area contributed by atoms with Crippen molar-refractivity contribution in [2.75, 3.05) is 0 Å². The molecule has 0 aliphatic heterocycles. The SMILES string of the molecule is O=c1nc2c3ccc(-c4ccccc4)cc3c3cc(-c4ccccc4)cc4c5cc(-c6ccccc6)ccc5c(n1)n2c34. The van der Waals surface area contributed by atoms with Crippen LogP contribution in [0, 0.1) is 0 Å². The van der Waals surface area contributed by atoms with Crippen molar-refractivity contribution in [2.45, 2.75) is 0 Å². The molecule has 0 N–H and O–H groups in total. The molecule has 0 unspecified atom stereocenters. The monoisotopic (exact) mass is 549 g/mol. The summed E-state index contributed by atoms with van der Waals surface area (Å²) in [6, 6.07) is 48.8. The number of nitrogens with zero attached hydrogens (tertiary/aromatic N) is 3.